The largest absolute Gasteiger partial charge is 0.399 e. The molecular formula is C15H17N3O3S. The van der Waals surface area contributed by atoms with Gasteiger partial charge in [-0.2, -0.15) is 0 Å². The Hall–Kier alpha value is -2.38. The molecule has 0 saturated carbocycles. The first-order chi connectivity index (χ1) is 10.3. The summed E-state index contributed by atoms with van der Waals surface area (Å²) in [5.74, 6) is -0.339. The summed E-state index contributed by atoms with van der Waals surface area (Å²) in [5, 5.41) is 2.59. The highest BCUT2D eigenvalue weighted by atomic mass is 32.2. The zero-order valence-electron chi connectivity index (χ0n) is 12.0. The Morgan fingerprint density at radius 1 is 1.00 bits per heavy atom. The molecule has 5 N–H and O–H groups in total. The van der Waals surface area contributed by atoms with Crippen molar-refractivity contribution in [2.45, 2.75) is 22.8 Å². The first kappa shape index (κ1) is 16.0. The van der Waals surface area contributed by atoms with Crippen molar-refractivity contribution < 1.29 is 13.2 Å². The first-order valence-electron chi connectivity index (χ1n) is 6.58. The molecule has 0 aliphatic carbocycles. The number of anilines is 2. The van der Waals surface area contributed by atoms with E-state index in [1.807, 2.05) is 0 Å². The third-order valence-electron chi connectivity index (χ3n) is 3.04. The second kappa shape index (κ2) is 6.17. The number of hydrogen-bond acceptors (Lipinski definition) is 5. The van der Waals surface area contributed by atoms with Gasteiger partial charge in [0, 0.05) is 11.4 Å². The number of nitrogen functional groups attached to an aromatic ring is 1. The van der Waals surface area contributed by atoms with E-state index in [0.29, 0.717) is 11.4 Å². The van der Waals surface area contributed by atoms with Gasteiger partial charge in [0.15, 0.2) is 0 Å². The van der Waals surface area contributed by atoms with Gasteiger partial charge < -0.3 is 16.8 Å². The number of amides is 1. The number of sulfone groups is 1. The standard InChI is InChI=1S/C15H17N3O3S/c1-10(16)15(19)18-12-4-8-14(9-5-12)22(20,21)13-6-2-11(17)3-7-13/h2-10H,16-17H2,1H3,(H,18,19). The number of nitrogens with two attached hydrogens (primary N) is 2. The molecule has 1 unspecified atom stereocenters. The minimum absolute atomic E-state index is 0.135. The van der Waals surface area contributed by atoms with Crippen molar-refractivity contribution in [3.05, 3.63) is 48.5 Å². The molecule has 0 bridgehead atoms. The third-order valence-corrected chi connectivity index (χ3v) is 4.82. The van der Waals surface area contributed by atoms with Crippen LogP contribution >= 0.6 is 0 Å². The number of hydrogen-bond donors (Lipinski definition) is 3. The van der Waals surface area contributed by atoms with E-state index >= 15 is 0 Å². The Bertz CT molecular complexity index is 767. The molecule has 116 valence electrons. The topological polar surface area (TPSA) is 115 Å². The molecule has 22 heavy (non-hydrogen) atoms. The van der Waals surface area contributed by atoms with Crippen LogP contribution in [0.25, 0.3) is 0 Å². The summed E-state index contributed by atoms with van der Waals surface area (Å²) in [5.41, 5.74) is 12.0. The van der Waals surface area contributed by atoms with Crippen LogP contribution in [0.3, 0.4) is 0 Å². The molecular weight excluding hydrogens is 302 g/mol. The molecule has 0 radical (unpaired) electrons. The zero-order chi connectivity index (χ0) is 16.3. The predicted molar refractivity (Wildman–Crippen MR) is 85.0 cm³/mol. The number of benzene rings is 2. The second-order valence-electron chi connectivity index (χ2n) is 4.87. The van der Waals surface area contributed by atoms with Gasteiger partial charge in [-0.25, -0.2) is 8.42 Å². The molecule has 0 spiro atoms. The average molecular weight is 319 g/mol. The summed E-state index contributed by atoms with van der Waals surface area (Å²) < 4.78 is 24.9. The van der Waals surface area contributed by atoms with Crippen LogP contribution in [0.4, 0.5) is 11.4 Å². The average Bonchev–Trinajstić information content (AvgIpc) is 2.48. The minimum atomic E-state index is -3.61. The van der Waals surface area contributed by atoms with Crippen molar-refractivity contribution >= 4 is 27.1 Å². The third kappa shape index (κ3) is 3.44. The van der Waals surface area contributed by atoms with E-state index in [4.69, 9.17) is 11.5 Å². The highest BCUT2D eigenvalue weighted by Crippen LogP contribution is 2.23. The Labute approximate surface area is 129 Å². The van der Waals surface area contributed by atoms with Crippen LogP contribution in [0.15, 0.2) is 58.3 Å². The zero-order valence-corrected chi connectivity index (χ0v) is 12.8. The summed E-state index contributed by atoms with van der Waals surface area (Å²) in [6.07, 6.45) is 0. The molecule has 6 nitrogen and oxygen atoms in total. The fourth-order valence-corrected chi connectivity index (χ4v) is 3.02. The van der Waals surface area contributed by atoms with Gasteiger partial charge in [-0.1, -0.05) is 0 Å². The van der Waals surface area contributed by atoms with Gasteiger partial charge in [-0.3, -0.25) is 4.79 Å². The summed E-state index contributed by atoms with van der Waals surface area (Å²) in [6.45, 7) is 1.56. The van der Waals surface area contributed by atoms with Crippen molar-refractivity contribution in [3.63, 3.8) is 0 Å². The van der Waals surface area contributed by atoms with Crippen molar-refractivity contribution in [1.82, 2.24) is 0 Å². The summed E-state index contributed by atoms with van der Waals surface area (Å²) >= 11 is 0. The first-order valence-corrected chi connectivity index (χ1v) is 8.06. The van der Waals surface area contributed by atoms with Gasteiger partial charge in [0.05, 0.1) is 15.8 Å². The highest BCUT2D eigenvalue weighted by molar-refractivity contribution is 7.91. The molecule has 0 fully saturated rings. The van der Waals surface area contributed by atoms with Crippen molar-refractivity contribution in [2.24, 2.45) is 5.73 Å². The van der Waals surface area contributed by atoms with E-state index in [1.54, 1.807) is 6.92 Å². The fourth-order valence-electron chi connectivity index (χ4n) is 1.76. The maximum absolute atomic E-state index is 12.4. The number of carbonyl (C=O) groups excluding carboxylic acids is 1. The molecule has 0 aliphatic heterocycles. The quantitative estimate of drug-likeness (QED) is 0.737. The molecule has 1 atom stereocenters. The Morgan fingerprint density at radius 3 is 1.91 bits per heavy atom. The Kier molecular flexibility index (Phi) is 4.48. The monoisotopic (exact) mass is 319 g/mol. The SMILES string of the molecule is CC(N)C(=O)Nc1ccc(S(=O)(=O)c2ccc(N)cc2)cc1. The predicted octanol–water partition coefficient (Wildman–Crippen LogP) is 1.39. The molecule has 2 rings (SSSR count). The molecule has 0 heterocycles. The van der Waals surface area contributed by atoms with Gasteiger partial charge in [0.2, 0.25) is 15.7 Å². The molecule has 1 amide bonds. The van der Waals surface area contributed by atoms with E-state index < -0.39 is 15.9 Å². The van der Waals surface area contributed by atoms with E-state index in [-0.39, 0.29) is 15.7 Å². The molecule has 2 aromatic rings. The van der Waals surface area contributed by atoms with Crippen molar-refractivity contribution in [3.8, 4) is 0 Å². The lowest BCUT2D eigenvalue weighted by Crippen LogP contribution is -2.32. The maximum atomic E-state index is 12.4. The highest BCUT2D eigenvalue weighted by Gasteiger charge is 2.17. The van der Waals surface area contributed by atoms with Crippen molar-refractivity contribution in [1.29, 1.82) is 0 Å². The van der Waals surface area contributed by atoms with Gasteiger partial charge in [-0.05, 0) is 55.5 Å². The summed E-state index contributed by atoms with van der Waals surface area (Å²) in [7, 11) is -3.61. The normalized spacial score (nSPS) is 12.6. The lowest BCUT2D eigenvalue weighted by Gasteiger charge is -2.09. The number of rotatable bonds is 4. The lowest BCUT2D eigenvalue weighted by molar-refractivity contribution is -0.117. The number of carbonyl (C=O) groups is 1. The lowest BCUT2D eigenvalue weighted by atomic mass is 10.3. The summed E-state index contributed by atoms with van der Waals surface area (Å²) in [6, 6.07) is 11.2. The van der Waals surface area contributed by atoms with E-state index in [2.05, 4.69) is 5.32 Å². The van der Waals surface area contributed by atoms with Crippen LogP contribution in [0.1, 0.15) is 6.92 Å². The van der Waals surface area contributed by atoms with Gasteiger partial charge in [0.1, 0.15) is 0 Å². The van der Waals surface area contributed by atoms with E-state index in [0.717, 1.165) is 0 Å². The summed E-state index contributed by atoms with van der Waals surface area (Å²) in [4.78, 5) is 11.8. The second-order valence-corrected chi connectivity index (χ2v) is 6.82. The van der Waals surface area contributed by atoms with Crippen LogP contribution in [-0.4, -0.2) is 20.4 Å². The van der Waals surface area contributed by atoms with Gasteiger partial charge >= 0.3 is 0 Å². The molecule has 7 heteroatoms. The van der Waals surface area contributed by atoms with Crippen LogP contribution in [0, 0.1) is 0 Å². The Balaban J connectivity index is 2.26. The molecule has 0 aliphatic rings. The van der Waals surface area contributed by atoms with Crippen LogP contribution in [0.5, 0.6) is 0 Å². The smallest absolute Gasteiger partial charge is 0.240 e. The molecule has 0 aromatic heterocycles. The van der Waals surface area contributed by atoms with Gasteiger partial charge in [0.25, 0.3) is 0 Å². The van der Waals surface area contributed by atoms with E-state index in [9.17, 15) is 13.2 Å². The van der Waals surface area contributed by atoms with Crippen LogP contribution in [-0.2, 0) is 14.6 Å². The molecule has 2 aromatic carbocycles. The fraction of sp³-hybridized carbons (Fsp3) is 0.133. The van der Waals surface area contributed by atoms with Crippen LogP contribution in [0.2, 0.25) is 0 Å². The maximum Gasteiger partial charge on any atom is 0.240 e. The van der Waals surface area contributed by atoms with Crippen molar-refractivity contribution in [2.75, 3.05) is 11.1 Å². The minimum Gasteiger partial charge on any atom is -0.399 e. The molecule has 0 saturated heterocycles. The number of nitrogens with one attached hydrogen (secondary N) is 1. The Morgan fingerprint density at radius 2 is 1.45 bits per heavy atom. The van der Waals surface area contributed by atoms with E-state index in [1.165, 1.54) is 48.5 Å². The van der Waals surface area contributed by atoms with Crippen LogP contribution < -0.4 is 16.8 Å². The van der Waals surface area contributed by atoms with Gasteiger partial charge in [-0.15, -0.1) is 0 Å².